The molecule has 1 fully saturated rings. The molecule has 2 aromatic carbocycles. The number of carboxylic acids is 1. The zero-order chi connectivity index (χ0) is 24.4. The number of benzene rings is 2. The fourth-order valence-corrected chi connectivity index (χ4v) is 4.81. The second-order valence-electron chi connectivity index (χ2n) is 8.19. The molecule has 180 valence electrons. The number of carbonyl (C=O) groups is 1. The molecule has 0 atom stereocenters. The number of hydrogen-bond donors (Lipinski definition) is 1. The van der Waals surface area contributed by atoms with Crippen molar-refractivity contribution in [2.75, 3.05) is 31.1 Å². The molecule has 11 heteroatoms. The lowest BCUT2D eigenvalue weighted by Gasteiger charge is -2.35. The van der Waals surface area contributed by atoms with Crippen LogP contribution in [0, 0.1) is 0 Å². The average Bonchev–Trinajstić information content (AvgIpc) is 2.77. The van der Waals surface area contributed by atoms with Crippen molar-refractivity contribution in [3.8, 4) is 0 Å². The Morgan fingerprint density at radius 1 is 1.03 bits per heavy atom. The molecular formula is C22H25F3N2O5S. The highest BCUT2D eigenvalue weighted by Gasteiger charge is 2.32. The quantitative estimate of drug-likeness (QED) is 0.644. The minimum absolute atomic E-state index is 0.0651. The number of aliphatic carboxylic acids is 1. The van der Waals surface area contributed by atoms with Crippen LogP contribution in [-0.2, 0) is 32.3 Å². The van der Waals surface area contributed by atoms with Crippen LogP contribution in [0.3, 0.4) is 0 Å². The van der Waals surface area contributed by atoms with Gasteiger partial charge in [-0.3, -0.25) is 0 Å². The van der Waals surface area contributed by atoms with Gasteiger partial charge in [-0.25, -0.2) is 13.2 Å². The van der Waals surface area contributed by atoms with E-state index in [1.54, 1.807) is 12.1 Å². The van der Waals surface area contributed by atoms with E-state index >= 15 is 0 Å². The minimum atomic E-state index is -4.41. The first kappa shape index (κ1) is 25.0. The number of piperazine rings is 1. The predicted octanol–water partition coefficient (Wildman–Crippen LogP) is 3.60. The number of ether oxygens (including phenoxy) is 1. The number of alkyl halides is 3. The number of rotatable bonds is 7. The van der Waals surface area contributed by atoms with E-state index in [1.165, 1.54) is 42.4 Å². The first-order valence-corrected chi connectivity index (χ1v) is 11.6. The van der Waals surface area contributed by atoms with Crippen molar-refractivity contribution in [1.82, 2.24) is 4.31 Å². The maximum absolute atomic E-state index is 13.1. The molecule has 0 aromatic heterocycles. The molecule has 3 rings (SSSR count). The Kier molecular flexibility index (Phi) is 7.06. The zero-order valence-electron chi connectivity index (χ0n) is 18.2. The highest BCUT2D eigenvalue weighted by molar-refractivity contribution is 7.89. The zero-order valence-corrected chi connectivity index (χ0v) is 19.0. The molecule has 7 nitrogen and oxygen atoms in total. The van der Waals surface area contributed by atoms with E-state index in [1.807, 2.05) is 4.90 Å². The Morgan fingerprint density at radius 2 is 1.64 bits per heavy atom. The van der Waals surface area contributed by atoms with Gasteiger partial charge in [0, 0.05) is 31.9 Å². The average molecular weight is 487 g/mol. The molecule has 1 aliphatic heterocycles. The summed E-state index contributed by atoms with van der Waals surface area (Å²) in [6.45, 7) is 3.77. The SMILES string of the molecule is CC(C)(OCc1cccc(S(=O)(=O)N2CCN(c3ccc(C(F)(F)F)cc3)CC2)c1)C(=O)O. The van der Waals surface area contributed by atoms with Crippen molar-refractivity contribution < 1.29 is 36.2 Å². The number of sulfonamides is 1. The van der Waals surface area contributed by atoms with E-state index in [9.17, 15) is 26.4 Å². The summed E-state index contributed by atoms with van der Waals surface area (Å²) in [5.41, 5.74) is -1.03. The molecule has 0 spiro atoms. The van der Waals surface area contributed by atoms with Crippen molar-refractivity contribution in [2.45, 2.75) is 37.1 Å². The van der Waals surface area contributed by atoms with Gasteiger partial charge in [0.1, 0.15) is 0 Å². The molecule has 0 saturated carbocycles. The van der Waals surface area contributed by atoms with Crippen molar-refractivity contribution >= 4 is 21.7 Å². The normalized spacial score (nSPS) is 16.1. The minimum Gasteiger partial charge on any atom is -0.479 e. The molecule has 0 radical (unpaired) electrons. The Morgan fingerprint density at radius 3 is 2.18 bits per heavy atom. The highest BCUT2D eigenvalue weighted by atomic mass is 32.2. The van der Waals surface area contributed by atoms with Gasteiger partial charge in [-0.2, -0.15) is 17.5 Å². The third-order valence-electron chi connectivity index (χ3n) is 5.45. The van der Waals surface area contributed by atoms with E-state index in [0.29, 0.717) is 24.3 Å². The summed E-state index contributed by atoms with van der Waals surface area (Å²) in [5, 5.41) is 9.14. The van der Waals surface area contributed by atoms with Crippen LogP contribution in [0.4, 0.5) is 18.9 Å². The topological polar surface area (TPSA) is 87.2 Å². The second kappa shape index (κ2) is 9.32. The van der Waals surface area contributed by atoms with Crippen LogP contribution >= 0.6 is 0 Å². The molecule has 1 N–H and O–H groups in total. The molecule has 1 aliphatic rings. The lowest BCUT2D eigenvalue weighted by atomic mass is 10.1. The largest absolute Gasteiger partial charge is 0.479 e. The van der Waals surface area contributed by atoms with Crippen LogP contribution in [0.5, 0.6) is 0 Å². The second-order valence-corrected chi connectivity index (χ2v) is 10.1. The number of halogens is 3. The van der Waals surface area contributed by atoms with Gasteiger partial charge in [0.2, 0.25) is 10.0 Å². The standard InChI is InChI=1S/C22H25F3N2O5S/c1-21(2,20(28)29)32-15-16-4-3-5-19(14-16)33(30,31)27-12-10-26(11-13-27)18-8-6-17(7-9-18)22(23,24)25/h3-9,14H,10-13,15H2,1-2H3,(H,28,29). The van der Waals surface area contributed by atoms with E-state index < -0.39 is 33.3 Å². The summed E-state index contributed by atoms with van der Waals surface area (Å²) in [6.07, 6.45) is -4.41. The van der Waals surface area contributed by atoms with Crippen molar-refractivity contribution in [3.63, 3.8) is 0 Å². The molecular weight excluding hydrogens is 461 g/mol. The van der Waals surface area contributed by atoms with Gasteiger partial charge < -0.3 is 14.7 Å². The predicted molar refractivity (Wildman–Crippen MR) is 115 cm³/mol. The van der Waals surface area contributed by atoms with Crippen LogP contribution in [0.1, 0.15) is 25.0 Å². The third kappa shape index (κ3) is 5.84. The first-order chi connectivity index (χ1) is 15.3. The Labute approximate surface area is 190 Å². The van der Waals surface area contributed by atoms with E-state index in [0.717, 1.165) is 12.1 Å². The summed E-state index contributed by atoms with van der Waals surface area (Å²) >= 11 is 0. The maximum atomic E-state index is 13.1. The third-order valence-corrected chi connectivity index (χ3v) is 7.34. The van der Waals surface area contributed by atoms with Gasteiger partial charge in [0.25, 0.3) is 0 Å². The smallest absolute Gasteiger partial charge is 0.416 e. The summed E-state index contributed by atoms with van der Waals surface area (Å²) in [6, 6.07) is 10.9. The lowest BCUT2D eigenvalue weighted by Crippen LogP contribution is -2.48. The number of nitrogens with zero attached hydrogens (tertiary/aromatic N) is 2. The van der Waals surface area contributed by atoms with Gasteiger partial charge in [-0.1, -0.05) is 12.1 Å². The highest BCUT2D eigenvalue weighted by Crippen LogP contribution is 2.31. The Balaban J connectivity index is 1.66. The fourth-order valence-electron chi connectivity index (χ4n) is 3.32. The summed E-state index contributed by atoms with van der Waals surface area (Å²) in [7, 11) is -3.80. The van der Waals surface area contributed by atoms with E-state index in [-0.39, 0.29) is 24.6 Å². The Hall–Kier alpha value is -2.63. The van der Waals surface area contributed by atoms with Gasteiger partial charge in [-0.15, -0.1) is 0 Å². The molecule has 2 aromatic rings. The molecule has 0 unspecified atom stereocenters. The van der Waals surface area contributed by atoms with Crippen LogP contribution in [0.25, 0.3) is 0 Å². The maximum Gasteiger partial charge on any atom is 0.416 e. The van der Waals surface area contributed by atoms with Gasteiger partial charge in [0.15, 0.2) is 5.60 Å². The molecule has 0 aliphatic carbocycles. The van der Waals surface area contributed by atoms with Crippen LogP contribution in [0.2, 0.25) is 0 Å². The number of carboxylic acid groups (broad SMARTS) is 1. The summed E-state index contributed by atoms with van der Waals surface area (Å²) in [4.78, 5) is 13.1. The Bertz CT molecular complexity index is 1090. The van der Waals surface area contributed by atoms with Crippen molar-refractivity contribution in [1.29, 1.82) is 0 Å². The van der Waals surface area contributed by atoms with Gasteiger partial charge in [-0.05, 0) is 55.8 Å². The molecule has 0 amide bonds. The summed E-state index contributed by atoms with van der Waals surface area (Å²) < 4.78 is 71.2. The number of anilines is 1. The van der Waals surface area contributed by atoms with Crippen molar-refractivity contribution in [2.24, 2.45) is 0 Å². The fraction of sp³-hybridized carbons (Fsp3) is 0.409. The van der Waals surface area contributed by atoms with Gasteiger partial charge in [0.05, 0.1) is 17.1 Å². The molecule has 1 saturated heterocycles. The van der Waals surface area contributed by atoms with Gasteiger partial charge >= 0.3 is 12.1 Å². The van der Waals surface area contributed by atoms with Crippen molar-refractivity contribution in [3.05, 3.63) is 59.7 Å². The molecule has 33 heavy (non-hydrogen) atoms. The summed E-state index contributed by atoms with van der Waals surface area (Å²) in [5.74, 6) is -1.13. The lowest BCUT2D eigenvalue weighted by molar-refractivity contribution is -0.162. The molecule has 1 heterocycles. The van der Waals surface area contributed by atoms with Crippen LogP contribution in [-0.4, -0.2) is 55.6 Å². The first-order valence-electron chi connectivity index (χ1n) is 10.2. The van der Waals surface area contributed by atoms with E-state index in [4.69, 9.17) is 9.84 Å². The van der Waals surface area contributed by atoms with Crippen LogP contribution < -0.4 is 4.90 Å². The molecule has 0 bridgehead atoms. The van der Waals surface area contributed by atoms with E-state index in [2.05, 4.69) is 0 Å². The number of hydrogen-bond acceptors (Lipinski definition) is 5. The monoisotopic (exact) mass is 486 g/mol. The van der Waals surface area contributed by atoms with Crippen LogP contribution in [0.15, 0.2) is 53.4 Å².